The second-order valence-corrected chi connectivity index (χ2v) is 5.81. The lowest BCUT2D eigenvalue weighted by molar-refractivity contribution is -0.144. The second kappa shape index (κ2) is 7.81. The van der Waals surface area contributed by atoms with Crippen molar-refractivity contribution in [3.63, 3.8) is 0 Å². The Balaban J connectivity index is 2.67. The molecule has 21 heavy (non-hydrogen) atoms. The van der Waals surface area contributed by atoms with Crippen LogP contribution in [0.2, 0.25) is 0 Å². The Morgan fingerprint density at radius 3 is 2.14 bits per heavy atom. The molecule has 0 heterocycles. The summed E-state index contributed by atoms with van der Waals surface area (Å²) < 4.78 is 4.60. The molecule has 0 spiro atoms. The lowest BCUT2D eigenvalue weighted by Crippen LogP contribution is -2.41. The van der Waals surface area contributed by atoms with Crippen molar-refractivity contribution < 1.29 is 14.3 Å². The molecular weight excluding hydrogens is 266 g/mol. The maximum absolute atomic E-state index is 12.1. The minimum absolute atomic E-state index is 0.176. The zero-order chi connectivity index (χ0) is 16.0. The van der Waals surface area contributed by atoms with Gasteiger partial charge >= 0.3 is 5.97 Å². The van der Waals surface area contributed by atoms with E-state index in [1.165, 1.54) is 12.7 Å². The predicted molar refractivity (Wildman–Crippen MR) is 83.0 cm³/mol. The average molecular weight is 291 g/mol. The SMILES string of the molecule is COC(=O)[C@H](C)NC(=O)[C@@H](C)c1ccc(CC(C)C)cc1. The number of hydrogen-bond donors (Lipinski definition) is 1. The molecule has 0 aliphatic heterocycles. The smallest absolute Gasteiger partial charge is 0.328 e. The minimum Gasteiger partial charge on any atom is -0.467 e. The highest BCUT2D eigenvalue weighted by Gasteiger charge is 2.21. The van der Waals surface area contributed by atoms with Gasteiger partial charge in [-0.05, 0) is 37.3 Å². The number of methoxy groups -OCH3 is 1. The molecule has 1 aromatic carbocycles. The van der Waals surface area contributed by atoms with Gasteiger partial charge in [-0.1, -0.05) is 38.1 Å². The highest BCUT2D eigenvalue weighted by Crippen LogP contribution is 2.18. The number of rotatable bonds is 6. The Morgan fingerprint density at radius 2 is 1.67 bits per heavy atom. The summed E-state index contributed by atoms with van der Waals surface area (Å²) >= 11 is 0. The largest absolute Gasteiger partial charge is 0.467 e. The fraction of sp³-hybridized carbons (Fsp3) is 0.529. The fourth-order valence-electron chi connectivity index (χ4n) is 2.14. The third kappa shape index (κ3) is 5.21. The molecule has 0 aromatic heterocycles. The Hall–Kier alpha value is -1.84. The quantitative estimate of drug-likeness (QED) is 0.820. The van der Waals surface area contributed by atoms with Gasteiger partial charge in [-0.2, -0.15) is 0 Å². The molecule has 4 heteroatoms. The van der Waals surface area contributed by atoms with Crippen LogP contribution in [0, 0.1) is 5.92 Å². The van der Waals surface area contributed by atoms with E-state index in [0.29, 0.717) is 5.92 Å². The van der Waals surface area contributed by atoms with E-state index in [2.05, 4.69) is 36.0 Å². The number of nitrogens with one attached hydrogen (secondary N) is 1. The van der Waals surface area contributed by atoms with Gasteiger partial charge < -0.3 is 10.1 Å². The normalized spacial score (nSPS) is 13.6. The molecule has 1 N–H and O–H groups in total. The first kappa shape index (κ1) is 17.2. The van der Waals surface area contributed by atoms with Crippen LogP contribution in [0.4, 0.5) is 0 Å². The molecule has 1 rings (SSSR count). The summed E-state index contributed by atoms with van der Waals surface area (Å²) in [5.41, 5.74) is 2.21. The van der Waals surface area contributed by atoms with E-state index in [1.807, 2.05) is 19.1 Å². The number of esters is 1. The van der Waals surface area contributed by atoms with Gasteiger partial charge in [0, 0.05) is 0 Å². The third-order valence-electron chi connectivity index (χ3n) is 3.43. The van der Waals surface area contributed by atoms with Crippen LogP contribution in [-0.4, -0.2) is 25.0 Å². The molecule has 116 valence electrons. The maximum Gasteiger partial charge on any atom is 0.328 e. The first-order valence-electron chi connectivity index (χ1n) is 7.32. The number of carbonyl (C=O) groups is 2. The van der Waals surface area contributed by atoms with E-state index in [0.717, 1.165) is 12.0 Å². The molecule has 0 aliphatic carbocycles. The van der Waals surface area contributed by atoms with E-state index in [9.17, 15) is 9.59 Å². The van der Waals surface area contributed by atoms with E-state index in [1.54, 1.807) is 6.92 Å². The van der Waals surface area contributed by atoms with Crippen molar-refractivity contribution in [3.8, 4) is 0 Å². The molecule has 0 saturated heterocycles. The molecule has 0 bridgehead atoms. The van der Waals surface area contributed by atoms with Crippen LogP contribution in [0.5, 0.6) is 0 Å². The van der Waals surface area contributed by atoms with E-state index < -0.39 is 12.0 Å². The van der Waals surface area contributed by atoms with Gasteiger partial charge in [0.1, 0.15) is 6.04 Å². The zero-order valence-corrected chi connectivity index (χ0v) is 13.5. The number of carbonyl (C=O) groups excluding carboxylic acids is 2. The Labute approximate surface area is 126 Å². The fourth-order valence-corrected chi connectivity index (χ4v) is 2.14. The average Bonchev–Trinajstić information content (AvgIpc) is 2.45. The first-order valence-corrected chi connectivity index (χ1v) is 7.32. The lowest BCUT2D eigenvalue weighted by atomic mass is 9.96. The minimum atomic E-state index is -0.634. The van der Waals surface area contributed by atoms with Crippen LogP contribution in [0.1, 0.15) is 44.7 Å². The molecule has 0 radical (unpaired) electrons. The molecule has 0 aliphatic rings. The lowest BCUT2D eigenvalue weighted by Gasteiger charge is -2.16. The Morgan fingerprint density at radius 1 is 1.10 bits per heavy atom. The van der Waals surface area contributed by atoms with Crippen LogP contribution in [-0.2, 0) is 20.7 Å². The molecular formula is C17H25NO3. The molecule has 0 fully saturated rings. The van der Waals surface area contributed by atoms with Crippen LogP contribution in [0.3, 0.4) is 0 Å². The summed E-state index contributed by atoms with van der Waals surface area (Å²) in [5.74, 6) is -0.310. The van der Waals surface area contributed by atoms with Crippen molar-refractivity contribution in [2.24, 2.45) is 5.92 Å². The summed E-state index contributed by atoms with van der Waals surface area (Å²) in [6.45, 7) is 7.80. The van der Waals surface area contributed by atoms with Gasteiger partial charge in [-0.25, -0.2) is 4.79 Å². The van der Waals surface area contributed by atoms with Gasteiger partial charge in [0.2, 0.25) is 5.91 Å². The molecule has 1 amide bonds. The van der Waals surface area contributed by atoms with Gasteiger partial charge in [0.15, 0.2) is 0 Å². The van der Waals surface area contributed by atoms with Gasteiger partial charge in [-0.3, -0.25) is 4.79 Å². The topological polar surface area (TPSA) is 55.4 Å². The van der Waals surface area contributed by atoms with Gasteiger partial charge in [0.05, 0.1) is 13.0 Å². The highest BCUT2D eigenvalue weighted by atomic mass is 16.5. The highest BCUT2D eigenvalue weighted by molar-refractivity contribution is 5.88. The van der Waals surface area contributed by atoms with Crippen LogP contribution < -0.4 is 5.32 Å². The van der Waals surface area contributed by atoms with Crippen molar-refractivity contribution >= 4 is 11.9 Å². The summed E-state index contributed by atoms with van der Waals surface area (Å²) in [6.07, 6.45) is 1.03. The Bertz CT molecular complexity index is 479. The second-order valence-electron chi connectivity index (χ2n) is 5.81. The van der Waals surface area contributed by atoms with E-state index in [-0.39, 0.29) is 11.8 Å². The number of benzene rings is 1. The summed E-state index contributed by atoms with van der Waals surface area (Å²) in [6, 6.07) is 7.44. The van der Waals surface area contributed by atoms with Crippen LogP contribution >= 0.6 is 0 Å². The maximum atomic E-state index is 12.1. The van der Waals surface area contributed by atoms with Gasteiger partial charge in [-0.15, -0.1) is 0 Å². The summed E-state index contributed by atoms with van der Waals surface area (Å²) in [5, 5.41) is 2.66. The Kier molecular flexibility index (Phi) is 6.40. The van der Waals surface area contributed by atoms with Crippen molar-refractivity contribution in [1.29, 1.82) is 0 Å². The standard InChI is InChI=1S/C17H25NO3/c1-11(2)10-14-6-8-15(9-7-14)12(3)16(19)18-13(4)17(20)21-5/h6-9,11-13H,10H2,1-5H3,(H,18,19)/t12-,13-/m0/s1. The predicted octanol–water partition coefficient (Wildman–Crippen LogP) is 2.67. The molecule has 0 saturated carbocycles. The number of hydrogen-bond acceptors (Lipinski definition) is 3. The van der Waals surface area contributed by atoms with Crippen LogP contribution in [0.15, 0.2) is 24.3 Å². The summed E-state index contributed by atoms with van der Waals surface area (Å²) in [7, 11) is 1.31. The molecule has 2 atom stereocenters. The number of ether oxygens (including phenoxy) is 1. The van der Waals surface area contributed by atoms with Crippen molar-refractivity contribution in [2.75, 3.05) is 7.11 Å². The first-order chi connectivity index (χ1) is 9.85. The van der Waals surface area contributed by atoms with Gasteiger partial charge in [0.25, 0.3) is 0 Å². The van der Waals surface area contributed by atoms with Crippen molar-refractivity contribution in [1.82, 2.24) is 5.32 Å². The van der Waals surface area contributed by atoms with Crippen molar-refractivity contribution in [3.05, 3.63) is 35.4 Å². The number of amides is 1. The third-order valence-corrected chi connectivity index (χ3v) is 3.43. The molecule has 1 aromatic rings. The van der Waals surface area contributed by atoms with Crippen molar-refractivity contribution in [2.45, 2.75) is 46.1 Å². The molecule has 0 unspecified atom stereocenters. The monoisotopic (exact) mass is 291 g/mol. The molecule has 4 nitrogen and oxygen atoms in total. The van der Waals surface area contributed by atoms with Crippen LogP contribution in [0.25, 0.3) is 0 Å². The zero-order valence-electron chi connectivity index (χ0n) is 13.5. The van der Waals surface area contributed by atoms with E-state index >= 15 is 0 Å². The summed E-state index contributed by atoms with van der Waals surface area (Å²) in [4.78, 5) is 23.4. The van der Waals surface area contributed by atoms with E-state index in [4.69, 9.17) is 0 Å².